The second-order valence-corrected chi connectivity index (χ2v) is 6.17. The van der Waals surface area contributed by atoms with Crippen LogP contribution in [0.25, 0.3) is 0 Å². The second kappa shape index (κ2) is 5.73. The fourth-order valence-electron chi connectivity index (χ4n) is 2.73. The highest BCUT2D eigenvalue weighted by Gasteiger charge is 2.28. The number of carbonyl (C=O) groups excluding carboxylic acids is 1. The fraction of sp³-hybridized carbons (Fsp3) is 0.562. The molecule has 1 fully saturated rings. The minimum absolute atomic E-state index is 0.0970. The molecule has 1 amide bonds. The summed E-state index contributed by atoms with van der Waals surface area (Å²) in [6, 6.07) is 5.55. The SMILES string of the molecule is CC1CCN(C(=O)c2cc(N)ccc2N(C)C)CC1C. The molecule has 0 bridgehead atoms. The molecule has 20 heavy (non-hydrogen) atoms. The van der Waals surface area contributed by atoms with Gasteiger partial charge in [-0.15, -0.1) is 0 Å². The van der Waals surface area contributed by atoms with Gasteiger partial charge in [-0.2, -0.15) is 0 Å². The van der Waals surface area contributed by atoms with E-state index in [-0.39, 0.29) is 5.91 Å². The van der Waals surface area contributed by atoms with Crippen molar-refractivity contribution in [1.29, 1.82) is 0 Å². The zero-order chi connectivity index (χ0) is 14.9. The van der Waals surface area contributed by atoms with Crippen molar-refractivity contribution in [2.45, 2.75) is 20.3 Å². The molecule has 2 unspecified atom stereocenters. The van der Waals surface area contributed by atoms with Crippen LogP contribution < -0.4 is 10.6 Å². The van der Waals surface area contributed by atoms with Gasteiger partial charge in [-0.05, 0) is 36.5 Å². The zero-order valence-corrected chi connectivity index (χ0v) is 12.9. The number of nitrogens with zero attached hydrogens (tertiary/aromatic N) is 2. The predicted molar refractivity (Wildman–Crippen MR) is 84.0 cm³/mol. The van der Waals surface area contributed by atoms with Crippen LogP contribution >= 0.6 is 0 Å². The quantitative estimate of drug-likeness (QED) is 0.843. The number of piperidine rings is 1. The van der Waals surface area contributed by atoms with Gasteiger partial charge in [0.05, 0.1) is 5.56 Å². The molecule has 0 spiro atoms. The molecular weight excluding hydrogens is 250 g/mol. The number of nitrogen functional groups attached to an aromatic ring is 1. The molecule has 4 heteroatoms. The monoisotopic (exact) mass is 275 g/mol. The van der Waals surface area contributed by atoms with E-state index in [0.29, 0.717) is 23.1 Å². The molecule has 110 valence electrons. The first-order valence-electron chi connectivity index (χ1n) is 7.26. The van der Waals surface area contributed by atoms with Crippen LogP contribution in [0.3, 0.4) is 0 Å². The largest absolute Gasteiger partial charge is 0.399 e. The van der Waals surface area contributed by atoms with Gasteiger partial charge in [0, 0.05) is 38.6 Å². The summed E-state index contributed by atoms with van der Waals surface area (Å²) in [4.78, 5) is 16.7. The Hall–Kier alpha value is -1.71. The summed E-state index contributed by atoms with van der Waals surface area (Å²) in [6.07, 6.45) is 1.08. The molecule has 1 heterocycles. The maximum absolute atomic E-state index is 12.8. The lowest BCUT2D eigenvalue weighted by Gasteiger charge is -2.36. The number of carbonyl (C=O) groups is 1. The second-order valence-electron chi connectivity index (χ2n) is 6.17. The summed E-state index contributed by atoms with van der Waals surface area (Å²) in [5.74, 6) is 1.34. The maximum Gasteiger partial charge on any atom is 0.256 e. The van der Waals surface area contributed by atoms with Crippen LogP contribution in [-0.2, 0) is 0 Å². The summed E-state index contributed by atoms with van der Waals surface area (Å²) in [6.45, 7) is 6.15. The average molecular weight is 275 g/mol. The van der Waals surface area contributed by atoms with E-state index in [1.807, 2.05) is 36.0 Å². The molecule has 0 aromatic heterocycles. The van der Waals surface area contributed by atoms with Crippen LogP contribution in [0.4, 0.5) is 11.4 Å². The number of likely N-dealkylation sites (tertiary alicyclic amines) is 1. The lowest BCUT2D eigenvalue weighted by Crippen LogP contribution is -2.42. The van der Waals surface area contributed by atoms with Gasteiger partial charge >= 0.3 is 0 Å². The molecule has 2 atom stereocenters. The average Bonchev–Trinajstić information content (AvgIpc) is 2.40. The van der Waals surface area contributed by atoms with Crippen molar-refractivity contribution in [3.63, 3.8) is 0 Å². The van der Waals surface area contributed by atoms with Gasteiger partial charge in [0.15, 0.2) is 0 Å². The van der Waals surface area contributed by atoms with Gasteiger partial charge in [-0.3, -0.25) is 4.79 Å². The van der Waals surface area contributed by atoms with Gasteiger partial charge in [-0.1, -0.05) is 13.8 Å². The van der Waals surface area contributed by atoms with E-state index in [0.717, 1.165) is 25.2 Å². The lowest BCUT2D eigenvalue weighted by molar-refractivity contribution is 0.0628. The smallest absolute Gasteiger partial charge is 0.256 e. The topological polar surface area (TPSA) is 49.6 Å². The van der Waals surface area contributed by atoms with Crippen LogP contribution in [0.2, 0.25) is 0 Å². The minimum Gasteiger partial charge on any atom is -0.399 e. The highest BCUT2D eigenvalue weighted by molar-refractivity contribution is 6.00. The summed E-state index contributed by atoms with van der Waals surface area (Å²) < 4.78 is 0. The van der Waals surface area contributed by atoms with E-state index in [2.05, 4.69) is 13.8 Å². The molecule has 2 rings (SSSR count). The first kappa shape index (κ1) is 14.7. The van der Waals surface area contributed by atoms with E-state index in [4.69, 9.17) is 5.73 Å². The number of hydrogen-bond acceptors (Lipinski definition) is 3. The fourth-order valence-corrected chi connectivity index (χ4v) is 2.73. The van der Waals surface area contributed by atoms with E-state index < -0.39 is 0 Å². The summed E-state index contributed by atoms with van der Waals surface area (Å²) in [5, 5.41) is 0. The van der Waals surface area contributed by atoms with Crippen LogP contribution in [0.15, 0.2) is 18.2 Å². The Bertz CT molecular complexity index is 498. The molecule has 4 nitrogen and oxygen atoms in total. The molecule has 0 radical (unpaired) electrons. The van der Waals surface area contributed by atoms with Gasteiger partial charge in [0.1, 0.15) is 0 Å². The summed E-state index contributed by atoms with van der Waals surface area (Å²) >= 11 is 0. The lowest BCUT2D eigenvalue weighted by atomic mass is 9.88. The first-order valence-corrected chi connectivity index (χ1v) is 7.26. The molecule has 1 aromatic rings. The van der Waals surface area contributed by atoms with Crippen LogP contribution in [0.1, 0.15) is 30.6 Å². The number of anilines is 2. The van der Waals surface area contributed by atoms with Crippen molar-refractivity contribution in [2.24, 2.45) is 11.8 Å². The Morgan fingerprint density at radius 3 is 2.60 bits per heavy atom. The third-order valence-electron chi connectivity index (χ3n) is 4.35. The number of rotatable bonds is 2. The molecule has 0 saturated carbocycles. The Morgan fingerprint density at radius 2 is 2.00 bits per heavy atom. The number of hydrogen-bond donors (Lipinski definition) is 1. The predicted octanol–water partition coefficient (Wildman–Crippen LogP) is 2.45. The van der Waals surface area contributed by atoms with Crippen LogP contribution in [-0.4, -0.2) is 38.0 Å². The van der Waals surface area contributed by atoms with Gasteiger partial charge in [0.25, 0.3) is 5.91 Å². The van der Waals surface area contributed by atoms with Gasteiger partial charge < -0.3 is 15.5 Å². The Balaban J connectivity index is 2.27. The standard InChI is InChI=1S/C16H25N3O/c1-11-7-8-19(10-12(11)2)16(20)14-9-13(17)5-6-15(14)18(3)4/h5-6,9,11-12H,7-8,10,17H2,1-4H3. The zero-order valence-electron chi connectivity index (χ0n) is 12.9. The molecule has 1 aromatic carbocycles. The highest BCUT2D eigenvalue weighted by atomic mass is 16.2. The highest BCUT2D eigenvalue weighted by Crippen LogP contribution is 2.27. The van der Waals surface area contributed by atoms with Gasteiger partial charge in [-0.25, -0.2) is 0 Å². The third kappa shape index (κ3) is 2.89. The molecule has 2 N–H and O–H groups in total. The van der Waals surface area contributed by atoms with E-state index >= 15 is 0 Å². The Labute approximate surface area is 121 Å². The van der Waals surface area contributed by atoms with E-state index in [1.165, 1.54) is 0 Å². The maximum atomic E-state index is 12.8. The summed E-state index contributed by atoms with van der Waals surface area (Å²) in [7, 11) is 3.90. The molecule has 1 saturated heterocycles. The van der Waals surface area contributed by atoms with Crippen molar-refractivity contribution < 1.29 is 4.79 Å². The normalized spacial score (nSPS) is 22.7. The van der Waals surface area contributed by atoms with Crippen LogP contribution in [0.5, 0.6) is 0 Å². The number of nitrogens with two attached hydrogens (primary N) is 1. The van der Waals surface area contributed by atoms with E-state index in [1.54, 1.807) is 6.07 Å². The van der Waals surface area contributed by atoms with Gasteiger partial charge in [0.2, 0.25) is 0 Å². The first-order chi connectivity index (χ1) is 9.40. The van der Waals surface area contributed by atoms with Crippen molar-refractivity contribution >= 4 is 17.3 Å². The molecular formula is C16H25N3O. The molecule has 1 aliphatic rings. The Morgan fingerprint density at radius 1 is 1.30 bits per heavy atom. The molecule has 1 aliphatic heterocycles. The summed E-state index contributed by atoms with van der Waals surface area (Å²) in [5.41, 5.74) is 8.12. The van der Waals surface area contributed by atoms with E-state index in [9.17, 15) is 4.79 Å². The van der Waals surface area contributed by atoms with Crippen molar-refractivity contribution in [2.75, 3.05) is 37.8 Å². The van der Waals surface area contributed by atoms with Crippen molar-refractivity contribution in [1.82, 2.24) is 4.90 Å². The Kier molecular flexibility index (Phi) is 4.21. The number of benzene rings is 1. The third-order valence-corrected chi connectivity index (χ3v) is 4.35. The van der Waals surface area contributed by atoms with Crippen molar-refractivity contribution in [3.8, 4) is 0 Å². The minimum atomic E-state index is 0.0970. The molecule has 0 aliphatic carbocycles. The van der Waals surface area contributed by atoms with Crippen LogP contribution in [0, 0.1) is 11.8 Å². The number of amides is 1. The van der Waals surface area contributed by atoms with Crippen molar-refractivity contribution in [3.05, 3.63) is 23.8 Å².